The third-order valence-corrected chi connectivity index (χ3v) is 18.9. The average molecular weight is 988 g/mol. The SMILES string of the molecule is CC(C)(C)c1ccc(N2c3cc(N4c5ccccc5C5(C)CCCCC45C)cc4c3B3c5c2cccc5C(C)(c2ccccc2)c2cccc(c23)N4c2ccc(C(C)(C)C)cc2-c2ccccn2)c(-c2ccccn2)c1. The maximum Gasteiger partial charge on any atom is 0.252 e. The van der Waals surface area contributed by atoms with Crippen molar-refractivity contribution in [3.8, 4) is 22.5 Å². The lowest BCUT2D eigenvalue weighted by Crippen LogP contribution is -2.67. The van der Waals surface area contributed by atoms with Crippen molar-refractivity contribution in [2.45, 2.75) is 115 Å². The van der Waals surface area contributed by atoms with Crippen LogP contribution in [0.3, 0.4) is 0 Å². The number of fused-ring (bicyclic) bond motifs is 3. The molecule has 1 aliphatic carbocycles. The summed E-state index contributed by atoms with van der Waals surface area (Å²) in [6, 6.07) is 67.2. The molecule has 76 heavy (non-hydrogen) atoms. The summed E-state index contributed by atoms with van der Waals surface area (Å²) in [6.45, 7) is 21.5. The molecule has 6 heteroatoms. The van der Waals surface area contributed by atoms with Crippen LogP contribution in [0.4, 0.5) is 45.5 Å². The Hall–Kier alpha value is -7.70. The lowest BCUT2D eigenvalue weighted by atomic mass is 9.28. The molecule has 0 radical (unpaired) electrons. The molecule has 2 aromatic heterocycles. The van der Waals surface area contributed by atoms with Gasteiger partial charge in [-0.25, -0.2) is 0 Å². The molecule has 14 rings (SSSR count). The maximum atomic E-state index is 5.15. The van der Waals surface area contributed by atoms with Crippen LogP contribution in [-0.2, 0) is 21.7 Å². The largest absolute Gasteiger partial charge is 0.334 e. The first-order chi connectivity index (χ1) is 36.6. The van der Waals surface area contributed by atoms with Crippen LogP contribution in [0.15, 0.2) is 188 Å². The summed E-state index contributed by atoms with van der Waals surface area (Å²) in [5, 5.41) is 0. The lowest BCUT2D eigenvalue weighted by molar-refractivity contribution is 0.195. The quantitative estimate of drug-likeness (QED) is 0.155. The molecule has 9 aromatic rings. The van der Waals surface area contributed by atoms with Crippen LogP contribution in [0.2, 0.25) is 0 Å². The Morgan fingerprint density at radius 2 is 0.921 bits per heavy atom. The van der Waals surface area contributed by atoms with E-state index in [2.05, 4.69) is 241 Å². The van der Waals surface area contributed by atoms with Crippen LogP contribution in [0.25, 0.3) is 22.5 Å². The number of para-hydroxylation sites is 1. The predicted molar refractivity (Wildman–Crippen MR) is 319 cm³/mol. The molecule has 6 heterocycles. The van der Waals surface area contributed by atoms with Crippen LogP contribution < -0.4 is 31.1 Å². The second-order valence-corrected chi connectivity index (χ2v) is 25.0. The minimum atomic E-state index is -0.486. The molecule has 5 nitrogen and oxygen atoms in total. The Kier molecular flexibility index (Phi) is 10.1. The molecule has 4 aliphatic heterocycles. The fraction of sp³-hybridized carbons (Fsp3) is 0.257. The van der Waals surface area contributed by atoms with Crippen molar-refractivity contribution < 1.29 is 0 Å². The minimum absolute atomic E-state index is 0.0352. The number of aromatic nitrogens is 2. The zero-order valence-electron chi connectivity index (χ0n) is 45.5. The minimum Gasteiger partial charge on any atom is -0.334 e. The van der Waals surface area contributed by atoms with Crippen molar-refractivity contribution >= 4 is 68.6 Å². The van der Waals surface area contributed by atoms with Crippen molar-refractivity contribution in [2.24, 2.45) is 0 Å². The normalized spacial score (nSPS) is 19.5. The van der Waals surface area contributed by atoms with E-state index in [1.165, 1.54) is 96.7 Å². The van der Waals surface area contributed by atoms with Gasteiger partial charge in [0.2, 0.25) is 0 Å². The summed E-state index contributed by atoms with van der Waals surface area (Å²) in [4.78, 5) is 18.4. The van der Waals surface area contributed by atoms with Gasteiger partial charge in [-0.05, 0) is 166 Å². The summed E-state index contributed by atoms with van der Waals surface area (Å²) in [6.07, 6.45) is 8.58. The Bertz CT molecular complexity index is 3640. The van der Waals surface area contributed by atoms with Gasteiger partial charge in [0.1, 0.15) is 0 Å². The summed E-state index contributed by atoms with van der Waals surface area (Å²) in [7, 11) is 0. The first-order valence-corrected chi connectivity index (χ1v) is 27.7. The van der Waals surface area contributed by atoms with Gasteiger partial charge in [-0.2, -0.15) is 0 Å². The third kappa shape index (κ3) is 6.45. The van der Waals surface area contributed by atoms with Crippen LogP contribution in [0, 0.1) is 0 Å². The van der Waals surface area contributed by atoms with Gasteiger partial charge in [-0.15, -0.1) is 0 Å². The fourth-order valence-corrected chi connectivity index (χ4v) is 14.8. The van der Waals surface area contributed by atoms with Gasteiger partial charge in [0, 0.05) is 68.5 Å². The summed E-state index contributed by atoms with van der Waals surface area (Å²) >= 11 is 0. The van der Waals surface area contributed by atoms with E-state index in [1.54, 1.807) is 0 Å². The highest BCUT2D eigenvalue weighted by atomic mass is 15.3. The van der Waals surface area contributed by atoms with Gasteiger partial charge >= 0.3 is 0 Å². The standard InChI is InChI=1S/C70H66BN5/c1-66(2,3)46-33-35-56(49(41-46)54-28-15-19-39-72-54)74-59-31-21-26-52-63(59)71-64-53(70(52,9)45-23-11-10-12-24-45)27-22-32-60(64)75(57-36-34-47(67(4,5)6)42-50(57)55-29-16-20-40-73-55)62-44-48(43-61(74)65(62)71)76-58-30-14-13-25-51(58)68(7)37-17-18-38-69(68,76)8/h10-16,19-36,39-44H,17-18,37-38H2,1-9H3. The highest BCUT2D eigenvalue weighted by molar-refractivity contribution is 7.01. The zero-order valence-corrected chi connectivity index (χ0v) is 45.5. The van der Waals surface area contributed by atoms with Crippen LogP contribution >= 0.6 is 0 Å². The average Bonchev–Trinajstić information content (AvgIpc) is 3.84. The number of hydrogen-bond donors (Lipinski definition) is 0. The molecule has 2 atom stereocenters. The molecule has 0 N–H and O–H groups in total. The summed E-state index contributed by atoms with van der Waals surface area (Å²) < 4.78 is 0. The number of pyridine rings is 2. The maximum absolute atomic E-state index is 5.15. The van der Waals surface area contributed by atoms with E-state index in [4.69, 9.17) is 9.97 Å². The fourth-order valence-electron chi connectivity index (χ4n) is 14.8. The molecule has 7 aromatic carbocycles. The molecular formula is C70H66BN5. The number of benzene rings is 7. The van der Waals surface area contributed by atoms with Gasteiger partial charge in [-0.1, -0.05) is 158 Å². The van der Waals surface area contributed by atoms with Crippen LogP contribution in [0.5, 0.6) is 0 Å². The van der Waals surface area contributed by atoms with E-state index in [0.717, 1.165) is 46.7 Å². The predicted octanol–water partition coefficient (Wildman–Crippen LogP) is 15.9. The molecule has 1 fully saturated rings. The Balaban J connectivity index is 1.16. The van der Waals surface area contributed by atoms with E-state index in [0.29, 0.717) is 0 Å². The molecule has 5 aliphatic rings. The topological polar surface area (TPSA) is 35.5 Å². The smallest absolute Gasteiger partial charge is 0.252 e. The van der Waals surface area contributed by atoms with Crippen molar-refractivity contribution in [3.63, 3.8) is 0 Å². The monoisotopic (exact) mass is 988 g/mol. The summed E-state index contributed by atoms with van der Waals surface area (Å²) in [5.41, 5.74) is 24.9. The van der Waals surface area contributed by atoms with E-state index in [1.807, 2.05) is 24.5 Å². The second kappa shape index (κ2) is 16.4. The van der Waals surface area contributed by atoms with Crippen LogP contribution in [-0.4, -0.2) is 22.2 Å². The van der Waals surface area contributed by atoms with Crippen LogP contribution in [0.1, 0.15) is 121 Å². The van der Waals surface area contributed by atoms with Crippen molar-refractivity contribution in [3.05, 3.63) is 222 Å². The number of nitrogens with zero attached hydrogens (tertiary/aromatic N) is 5. The molecule has 2 unspecified atom stereocenters. The number of hydrogen-bond acceptors (Lipinski definition) is 5. The summed E-state index contributed by atoms with van der Waals surface area (Å²) in [5.74, 6) is 0. The lowest BCUT2D eigenvalue weighted by Gasteiger charge is -2.53. The van der Waals surface area contributed by atoms with Crippen molar-refractivity contribution in [1.29, 1.82) is 0 Å². The molecule has 1 saturated carbocycles. The van der Waals surface area contributed by atoms with Crippen molar-refractivity contribution in [1.82, 2.24) is 9.97 Å². The van der Waals surface area contributed by atoms with E-state index in [9.17, 15) is 0 Å². The van der Waals surface area contributed by atoms with Gasteiger partial charge < -0.3 is 14.7 Å². The first-order valence-electron chi connectivity index (χ1n) is 27.7. The Morgan fingerprint density at radius 3 is 1.45 bits per heavy atom. The molecule has 0 spiro atoms. The molecule has 0 amide bonds. The van der Waals surface area contributed by atoms with E-state index >= 15 is 0 Å². The molecular weight excluding hydrogens is 922 g/mol. The Labute approximate surface area is 450 Å². The third-order valence-electron chi connectivity index (χ3n) is 18.9. The Morgan fingerprint density at radius 1 is 0.434 bits per heavy atom. The highest BCUT2D eigenvalue weighted by Crippen LogP contribution is 2.62. The van der Waals surface area contributed by atoms with E-state index < -0.39 is 5.41 Å². The van der Waals surface area contributed by atoms with Gasteiger partial charge in [0.15, 0.2) is 0 Å². The van der Waals surface area contributed by atoms with Gasteiger partial charge in [0.25, 0.3) is 6.71 Å². The van der Waals surface area contributed by atoms with E-state index in [-0.39, 0.29) is 28.5 Å². The highest BCUT2D eigenvalue weighted by Gasteiger charge is 2.59. The van der Waals surface area contributed by atoms with Gasteiger partial charge in [0.05, 0.1) is 28.3 Å². The number of rotatable bonds is 6. The molecule has 0 saturated heterocycles. The first kappa shape index (κ1) is 46.8. The zero-order chi connectivity index (χ0) is 52.1. The molecule has 0 bridgehead atoms. The second-order valence-electron chi connectivity index (χ2n) is 25.0. The molecule has 374 valence electrons. The number of anilines is 8. The van der Waals surface area contributed by atoms with Gasteiger partial charge in [-0.3, -0.25) is 9.97 Å². The van der Waals surface area contributed by atoms with Crippen molar-refractivity contribution in [2.75, 3.05) is 14.7 Å².